The van der Waals surface area contributed by atoms with Crippen LogP contribution >= 0.6 is 17.0 Å². The van der Waals surface area contributed by atoms with E-state index < -0.39 is 6.09 Å². The maximum Gasteiger partial charge on any atom is 0.407 e. The van der Waals surface area contributed by atoms with Crippen molar-refractivity contribution >= 4 is 34.7 Å². The molecule has 0 radical (unpaired) electrons. The molecule has 2 aromatic rings. The van der Waals surface area contributed by atoms with Crippen molar-refractivity contribution in [2.45, 2.75) is 58.3 Å². The Morgan fingerprint density at radius 3 is 2.00 bits per heavy atom. The monoisotopic (exact) mass is 573 g/mol. The SMILES string of the molecule is Br.CN(C[C@H]1CN(CC(=O)c2cc(C(C)(C)C)c(O)c(C(C)(C)C)c2)C(=N)[C@@H]1c1ccccc1)C(=O)O. The number of carbonyl (C=O) groups is 2. The van der Waals surface area contributed by atoms with Gasteiger partial charge in [0, 0.05) is 48.7 Å². The second-order valence-electron chi connectivity index (χ2n) is 11.9. The van der Waals surface area contributed by atoms with Crippen LogP contribution < -0.4 is 0 Å². The van der Waals surface area contributed by atoms with Gasteiger partial charge < -0.3 is 20.0 Å². The molecule has 1 fully saturated rings. The Hall–Kier alpha value is -2.87. The van der Waals surface area contributed by atoms with Gasteiger partial charge in [0.2, 0.25) is 0 Å². The summed E-state index contributed by atoms with van der Waals surface area (Å²) < 4.78 is 0. The molecule has 1 heterocycles. The lowest BCUT2D eigenvalue weighted by atomic mass is 9.78. The predicted octanol–water partition coefficient (Wildman–Crippen LogP) is 6.05. The molecule has 3 N–H and O–H groups in total. The van der Waals surface area contributed by atoms with Crippen LogP contribution in [0.5, 0.6) is 5.75 Å². The van der Waals surface area contributed by atoms with Gasteiger partial charge in [0.15, 0.2) is 5.78 Å². The highest BCUT2D eigenvalue weighted by Gasteiger charge is 2.40. The summed E-state index contributed by atoms with van der Waals surface area (Å²) >= 11 is 0. The van der Waals surface area contributed by atoms with Crippen LogP contribution in [0.3, 0.4) is 0 Å². The molecule has 3 rings (SSSR count). The zero-order chi connectivity index (χ0) is 27.0. The first-order chi connectivity index (χ1) is 16.6. The molecule has 0 aromatic heterocycles. The number of amidine groups is 1. The van der Waals surface area contributed by atoms with Gasteiger partial charge in [-0.1, -0.05) is 71.9 Å². The van der Waals surface area contributed by atoms with Crippen LogP contribution in [0, 0.1) is 11.3 Å². The van der Waals surface area contributed by atoms with E-state index in [0.717, 1.165) is 16.7 Å². The summed E-state index contributed by atoms with van der Waals surface area (Å²) in [5.41, 5.74) is 2.18. The second kappa shape index (κ2) is 11.3. The first-order valence-corrected chi connectivity index (χ1v) is 12.3. The first kappa shape index (κ1) is 30.4. The Balaban J connectivity index is 0.00000481. The molecule has 2 aromatic carbocycles. The summed E-state index contributed by atoms with van der Waals surface area (Å²) in [6.45, 7) is 12.7. The lowest BCUT2D eigenvalue weighted by molar-refractivity contribution is 0.0960. The Kier molecular flexibility index (Phi) is 9.23. The number of ketones is 1. The van der Waals surface area contributed by atoms with Crippen molar-refractivity contribution in [3.05, 3.63) is 64.7 Å². The van der Waals surface area contributed by atoms with Gasteiger partial charge in [0.1, 0.15) is 11.6 Å². The van der Waals surface area contributed by atoms with Crippen molar-refractivity contribution in [2.24, 2.45) is 5.92 Å². The molecule has 0 aliphatic carbocycles. The highest BCUT2D eigenvalue weighted by Crippen LogP contribution is 2.40. The lowest BCUT2D eigenvalue weighted by Crippen LogP contribution is -2.34. The van der Waals surface area contributed by atoms with Crippen molar-refractivity contribution < 1.29 is 19.8 Å². The number of likely N-dealkylation sites (tertiary alicyclic amines) is 1. The third kappa shape index (κ3) is 6.72. The smallest absolute Gasteiger partial charge is 0.407 e. The van der Waals surface area contributed by atoms with E-state index in [-0.39, 0.29) is 64.3 Å². The standard InChI is InChI=1S/C29H39N3O4.BrH/c1-28(2,3)21-13-19(14-22(25(21)34)29(4,5)6)23(33)17-32-16-20(15-31(7)27(35)36)24(26(32)30)18-11-9-8-10-12-18;/h8-14,20,24,30,34H,15-17H2,1-7H3,(H,35,36);1H/t20-,24+;/m0./s1. The molecule has 8 heteroatoms. The number of nitrogens with one attached hydrogen (secondary N) is 1. The van der Waals surface area contributed by atoms with Crippen LogP contribution in [0.4, 0.5) is 4.79 Å². The Labute approximate surface area is 230 Å². The summed E-state index contributed by atoms with van der Waals surface area (Å²) in [6.07, 6.45) is -1.02. The number of phenolic OH excluding ortho intramolecular Hbond substituents is 1. The fourth-order valence-corrected chi connectivity index (χ4v) is 4.94. The topological polar surface area (TPSA) is 105 Å². The van der Waals surface area contributed by atoms with Gasteiger partial charge in [-0.2, -0.15) is 0 Å². The van der Waals surface area contributed by atoms with Gasteiger partial charge in [-0.3, -0.25) is 10.2 Å². The first-order valence-electron chi connectivity index (χ1n) is 12.3. The Morgan fingerprint density at radius 2 is 1.54 bits per heavy atom. The van der Waals surface area contributed by atoms with Gasteiger partial charge in [-0.15, -0.1) is 17.0 Å². The minimum atomic E-state index is -1.02. The molecule has 7 nitrogen and oxygen atoms in total. The highest BCUT2D eigenvalue weighted by atomic mass is 79.9. The molecule has 1 aliphatic rings. The number of carbonyl (C=O) groups excluding carboxylic acids is 1. The molecule has 2 atom stereocenters. The molecule has 1 aliphatic heterocycles. The van der Waals surface area contributed by atoms with Gasteiger partial charge in [-0.25, -0.2) is 4.79 Å². The molecular formula is C29H40BrN3O4. The van der Waals surface area contributed by atoms with E-state index in [1.165, 1.54) is 11.9 Å². The van der Waals surface area contributed by atoms with Crippen LogP contribution in [0.2, 0.25) is 0 Å². The van der Waals surface area contributed by atoms with E-state index in [1.807, 2.05) is 71.9 Å². The van der Waals surface area contributed by atoms with Gasteiger partial charge in [0.05, 0.1) is 6.54 Å². The van der Waals surface area contributed by atoms with Crippen molar-refractivity contribution in [3.63, 3.8) is 0 Å². The van der Waals surface area contributed by atoms with E-state index in [9.17, 15) is 19.8 Å². The minimum absolute atomic E-state index is 0. The van der Waals surface area contributed by atoms with E-state index in [1.54, 1.807) is 17.0 Å². The van der Waals surface area contributed by atoms with Gasteiger partial charge in [0.25, 0.3) is 0 Å². The van der Waals surface area contributed by atoms with E-state index in [4.69, 9.17) is 5.41 Å². The maximum atomic E-state index is 13.6. The third-order valence-electron chi connectivity index (χ3n) is 6.94. The second-order valence-corrected chi connectivity index (χ2v) is 11.9. The normalized spacial score (nSPS) is 17.9. The maximum absolute atomic E-state index is 13.6. The number of hydrogen-bond donors (Lipinski definition) is 3. The Bertz CT molecular complexity index is 1120. The minimum Gasteiger partial charge on any atom is -0.507 e. The van der Waals surface area contributed by atoms with E-state index in [0.29, 0.717) is 17.9 Å². The average Bonchev–Trinajstić information content (AvgIpc) is 3.07. The molecule has 202 valence electrons. The van der Waals surface area contributed by atoms with Crippen LogP contribution in [0.15, 0.2) is 42.5 Å². The number of carboxylic acid groups (broad SMARTS) is 1. The molecule has 0 unspecified atom stereocenters. The molecule has 0 spiro atoms. The molecule has 1 saturated heterocycles. The fraction of sp³-hybridized carbons (Fsp3) is 0.483. The zero-order valence-corrected chi connectivity index (χ0v) is 24.5. The lowest BCUT2D eigenvalue weighted by Gasteiger charge is -2.28. The number of rotatable bonds is 6. The predicted molar refractivity (Wildman–Crippen MR) is 153 cm³/mol. The van der Waals surface area contributed by atoms with Gasteiger partial charge in [-0.05, 0) is 28.5 Å². The number of aromatic hydroxyl groups is 1. The Morgan fingerprint density at radius 1 is 1.03 bits per heavy atom. The summed E-state index contributed by atoms with van der Waals surface area (Å²) in [4.78, 5) is 28.1. The average molecular weight is 575 g/mol. The number of amides is 1. The summed E-state index contributed by atoms with van der Waals surface area (Å²) in [5, 5.41) is 29.3. The van der Waals surface area contributed by atoms with E-state index >= 15 is 0 Å². The fourth-order valence-electron chi connectivity index (χ4n) is 4.94. The summed E-state index contributed by atoms with van der Waals surface area (Å²) in [7, 11) is 1.53. The molecular weight excluding hydrogens is 534 g/mol. The molecule has 0 bridgehead atoms. The number of phenols is 1. The van der Waals surface area contributed by atoms with Crippen molar-refractivity contribution in [2.75, 3.05) is 26.7 Å². The summed E-state index contributed by atoms with van der Waals surface area (Å²) in [6, 6.07) is 13.2. The van der Waals surface area contributed by atoms with Crippen molar-refractivity contribution in [1.82, 2.24) is 9.80 Å². The quantitative estimate of drug-likeness (QED) is 0.365. The number of halogens is 1. The number of benzene rings is 2. The van der Waals surface area contributed by atoms with Crippen LogP contribution in [0.1, 0.15) is 74.5 Å². The number of Topliss-reactive ketones (excluding diaryl/α,β-unsaturated/α-hetero) is 1. The molecule has 0 saturated carbocycles. The van der Waals surface area contributed by atoms with Crippen LogP contribution in [0.25, 0.3) is 0 Å². The molecule has 1 amide bonds. The number of hydrogen-bond acceptors (Lipinski definition) is 4. The van der Waals surface area contributed by atoms with Gasteiger partial charge >= 0.3 is 6.09 Å². The zero-order valence-electron chi connectivity index (χ0n) is 22.8. The van der Waals surface area contributed by atoms with E-state index in [2.05, 4.69) is 0 Å². The molecule has 37 heavy (non-hydrogen) atoms. The summed E-state index contributed by atoms with van der Waals surface area (Å²) in [5.74, 6) is -0.0276. The van der Waals surface area contributed by atoms with Crippen molar-refractivity contribution in [3.8, 4) is 5.75 Å². The van der Waals surface area contributed by atoms with Crippen molar-refractivity contribution in [1.29, 1.82) is 5.41 Å². The largest absolute Gasteiger partial charge is 0.507 e. The van der Waals surface area contributed by atoms with Crippen LogP contribution in [-0.4, -0.2) is 64.4 Å². The third-order valence-corrected chi connectivity index (χ3v) is 6.94. The van der Waals surface area contributed by atoms with Crippen LogP contribution in [-0.2, 0) is 10.8 Å². The number of nitrogens with zero attached hydrogens (tertiary/aromatic N) is 2. The highest BCUT2D eigenvalue weighted by molar-refractivity contribution is 8.93.